The van der Waals surface area contributed by atoms with Gasteiger partial charge >= 0.3 is 8.60 Å². The van der Waals surface area contributed by atoms with Crippen LogP contribution in [-0.2, 0) is 75.1 Å². The van der Waals surface area contributed by atoms with Crippen LogP contribution >= 0.6 is 27.6 Å². The molecule has 35 nitrogen and oxygen atoms in total. The first-order valence-electron chi connectivity index (χ1n) is 50.1. The number of carbonyl (C=O) groups excluding carboxylic acids is 6. The number of nitrogens with zero attached hydrogens (tertiary/aromatic N) is 12. The van der Waals surface area contributed by atoms with Crippen LogP contribution in [0.15, 0.2) is 109 Å². The van der Waals surface area contributed by atoms with Crippen molar-refractivity contribution in [1.29, 1.82) is 10.5 Å². The lowest BCUT2D eigenvalue weighted by Crippen LogP contribution is -2.56. The van der Waals surface area contributed by atoms with Gasteiger partial charge in [-0.3, -0.25) is 28.8 Å². The monoisotopic (exact) mass is 2070 g/mol. The normalized spacial score (nSPS) is 26.0. The van der Waals surface area contributed by atoms with Crippen LogP contribution in [0.5, 0.6) is 34.5 Å². The smallest absolute Gasteiger partial charge is 0.333 e. The maximum absolute atomic E-state index is 13.7. The molecule has 0 radical (unpaired) electrons. The van der Waals surface area contributed by atoms with E-state index in [1.54, 1.807) is 129 Å². The summed E-state index contributed by atoms with van der Waals surface area (Å²) in [7, 11) is -4.52. The van der Waals surface area contributed by atoms with Crippen LogP contribution in [0.25, 0.3) is 19.4 Å². The van der Waals surface area contributed by atoms with Crippen LogP contribution in [0.3, 0.4) is 0 Å². The van der Waals surface area contributed by atoms with Gasteiger partial charge in [0.25, 0.3) is 7.73 Å². The van der Waals surface area contributed by atoms with E-state index in [1.807, 2.05) is 92.9 Å². The summed E-state index contributed by atoms with van der Waals surface area (Å²) in [4.78, 5) is 105. The predicted molar refractivity (Wildman–Crippen MR) is 544 cm³/mol. The summed E-state index contributed by atoms with van der Waals surface area (Å²) in [6, 6.07) is 32.6. The van der Waals surface area contributed by atoms with Crippen molar-refractivity contribution in [2.75, 3.05) is 105 Å². The van der Waals surface area contributed by atoms with Gasteiger partial charge in [0, 0.05) is 124 Å². The molecule has 7 fully saturated rings. The molecule has 38 heteroatoms. The van der Waals surface area contributed by atoms with E-state index in [0.29, 0.717) is 201 Å². The molecular weight excluding hydrogens is 1940 g/mol. The van der Waals surface area contributed by atoms with Crippen LogP contribution in [-0.4, -0.2) is 246 Å². The van der Waals surface area contributed by atoms with Gasteiger partial charge in [-0.1, -0.05) is 31.7 Å². The lowest BCUT2D eigenvalue weighted by molar-refractivity contribution is -0.152. The molecule has 782 valence electrons. The summed E-state index contributed by atoms with van der Waals surface area (Å²) in [6.45, 7) is 59.8. The maximum Gasteiger partial charge on any atom is 0.333 e. The third kappa shape index (κ3) is 23.9. The van der Waals surface area contributed by atoms with Gasteiger partial charge in [-0.25, -0.2) is 19.4 Å². The molecule has 0 bridgehead atoms. The third-order valence-electron chi connectivity index (χ3n) is 28.8. The highest BCUT2D eigenvalue weighted by Crippen LogP contribution is 2.62. The van der Waals surface area contributed by atoms with Gasteiger partial charge in [0.15, 0.2) is 22.7 Å². The van der Waals surface area contributed by atoms with Crippen LogP contribution in [0.4, 0.5) is 22.7 Å². The minimum absolute atomic E-state index is 0. The molecule has 147 heavy (non-hydrogen) atoms. The van der Waals surface area contributed by atoms with Crippen molar-refractivity contribution in [3.63, 3.8) is 0 Å². The molecule has 19 rings (SSSR count). The van der Waals surface area contributed by atoms with Crippen molar-refractivity contribution < 1.29 is 109 Å². The maximum atomic E-state index is 13.7. The Balaban J connectivity index is 0.000000178. The Morgan fingerprint density at radius 2 is 0.599 bits per heavy atom. The van der Waals surface area contributed by atoms with Crippen LogP contribution in [0.2, 0.25) is 0 Å². The number of amides is 6. The number of rotatable bonds is 28. The van der Waals surface area contributed by atoms with E-state index in [-0.39, 0.29) is 88.6 Å². The fourth-order valence-corrected chi connectivity index (χ4v) is 25.1. The zero-order chi connectivity index (χ0) is 104. The minimum atomic E-state index is -2.37. The number of halogens is 1. The molecule has 6 aromatic rings. The molecule has 14 atom stereocenters. The number of likely N-dealkylation sites (tertiary alicyclic amines) is 6. The van der Waals surface area contributed by atoms with Crippen molar-refractivity contribution in [2.45, 2.75) is 287 Å². The molecule has 2 unspecified atom stereocenters. The first-order valence-corrected chi connectivity index (χ1v) is 53.3. The van der Waals surface area contributed by atoms with Crippen molar-refractivity contribution in [1.82, 2.24) is 29.4 Å². The molecule has 0 aromatic heterocycles. The molecule has 6 amide bonds. The number of ether oxygens (including phenoxy) is 11. The standard InChI is InChI=1S/C52H59N6O11P.C32H34ClN4O6P.C20H26N2O5.C4H8O.CH4/c1-50(2)47(44(56-21-9-12-41(56)59)36-29-33(54-7)16-19-39(36)65-50)63-26-24-62-25-27-64-70(68-48-45(57-22-10-13-42(57)60)35-28-32(31-53)15-18-38(35)66-51(48,3)4)69-49-46(58-23-11-14-43(58)61)37-30-34(55-8)17-20-40(37)67-52(49,5)6;1-31(2)29(27(36-14-6-8-25(36)38)21-16-19(18-34)10-12-23(21)40-31)42-44(33)43-30-28(37-15-7-9-26(37)39)22-17-20(35-5)11-13-24(22)41-32(30,3)4;1-20(2)19(26-12-11-25-10-9-23)18(22-8-4-5-17(22)24)15-13-14(21-3)6-7-16(15)27-20;1-2-4-5-3-1;/h15-20,28-30,44-49H,9-14,21-27H2,1-6H3;10-13,16-17,27-30H,6-9,14-15H2,1-4H3;6-7,13,18-19,23H,4-5,8-12H2,1-2H3;1-4H2;1H4/t44-,45-,46-,47+,48+,49+,70?;27-,28-,29+,30+,44?;18-,19+;;/m111../s1. The zero-order valence-electron chi connectivity index (χ0n) is 84.6. The fraction of sp³-hybridized carbons (Fsp3) is 0.560. The second-order valence-electron chi connectivity index (χ2n) is 41.3. The Hall–Kier alpha value is -11.4. The van der Waals surface area contributed by atoms with Crippen LogP contribution in [0, 0.1) is 49.0 Å². The molecule has 13 aliphatic rings. The number of nitriles is 2. The zero-order valence-corrected chi connectivity index (χ0v) is 87.1. The number of benzene rings is 6. The summed E-state index contributed by atoms with van der Waals surface area (Å²) >= 11 is 6.99. The SMILES string of the molecule is C.C1CCOC1.[C-]#[N+]c1ccc2c(c1)[C@@H](N1CCCC1=O)[C@H](OCCOCCO)C(C)(C)O2.[C-]#[N+]c1ccc2c(c1)[C@@H](N1CCCC1=O)[C@H](OCCOCCOP(O[C@H]1[C@H](N3CCCC3=O)c3cc(C#N)ccc3OC1(C)C)O[C@H]1[C@H](N3CCCC3=O)c3cc([N+]#[C-])ccc3OC1(C)C)C(C)(C)O2.[C-]#[N+]c1ccc2c(c1)[C@@H](N1CCCC1=O)[C@H](OP(Cl)O[C@H]1[C@H](N3CCCC3=O)c3cc(C#N)ccc3OC1(C)C)C(C)(C)O2. The lowest BCUT2D eigenvalue weighted by Gasteiger charge is -2.50. The fourth-order valence-electron chi connectivity index (χ4n) is 21.9. The molecule has 7 saturated heterocycles. The molecule has 13 aliphatic heterocycles. The van der Waals surface area contributed by atoms with Gasteiger partial charge < -0.3 is 109 Å². The van der Waals surface area contributed by atoms with Gasteiger partial charge in [0.1, 0.15) is 105 Å². The first-order chi connectivity index (χ1) is 69.9. The number of carbonyl (C=O) groups is 6. The van der Waals surface area contributed by atoms with Crippen LogP contribution < -0.4 is 28.4 Å². The molecule has 6 aromatic carbocycles. The van der Waals surface area contributed by atoms with Gasteiger partial charge in [0.2, 0.25) is 35.4 Å². The van der Waals surface area contributed by atoms with E-state index in [9.17, 15) is 39.3 Å². The highest BCUT2D eigenvalue weighted by Gasteiger charge is 2.59. The van der Waals surface area contributed by atoms with Crippen molar-refractivity contribution in [3.8, 4) is 46.6 Å². The Bertz CT molecular complexity index is 5880. The Kier molecular flexibility index (Phi) is 34.9. The third-order valence-corrected chi connectivity index (χ3v) is 31.2. The average molecular weight is 2070 g/mol. The molecule has 0 spiro atoms. The Labute approximate surface area is 867 Å². The topological polar surface area (TPSA) is 355 Å². The summed E-state index contributed by atoms with van der Waals surface area (Å²) < 4.78 is 102. The average Bonchev–Trinajstić information content (AvgIpc) is 1.46. The Morgan fingerprint density at radius 1 is 0.354 bits per heavy atom. The molecule has 0 saturated carbocycles. The first kappa shape index (κ1) is 110. The molecular formula is C109H131ClN12O23P2. The van der Waals surface area contributed by atoms with Gasteiger partial charge in [0.05, 0.1) is 139 Å². The minimum Gasteiger partial charge on any atom is -0.485 e. The van der Waals surface area contributed by atoms with E-state index < -0.39 is 117 Å². The lowest BCUT2D eigenvalue weighted by atomic mass is 9.85. The molecule has 1 N–H and O–H groups in total. The van der Waals surface area contributed by atoms with Crippen molar-refractivity contribution >= 4 is 85.8 Å². The van der Waals surface area contributed by atoms with E-state index in [0.717, 1.165) is 43.6 Å². The van der Waals surface area contributed by atoms with Crippen molar-refractivity contribution in [2.24, 2.45) is 0 Å². The summed E-state index contributed by atoms with van der Waals surface area (Å²) in [6.07, 6.45) is 5.23. The van der Waals surface area contributed by atoms with E-state index >= 15 is 0 Å². The number of hydrogen-bond donors (Lipinski definition) is 1. The second kappa shape index (κ2) is 46.8. The highest BCUT2D eigenvalue weighted by molar-refractivity contribution is 7.76. The molecule has 13 heterocycles. The quantitative estimate of drug-likeness (QED) is 0.0271. The van der Waals surface area contributed by atoms with Gasteiger partial charge in [-0.2, -0.15) is 10.5 Å². The second-order valence-corrected chi connectivity index (χ2v) is 44.1. The number of fused-ring (bicyclic) bond motifs is 6. The van der Waals surface area contributed by atoms with E-state index in [1.165, 1.54) is 12.8 Å². The molecule has 0 aliphatic carbocycles. The predicted octanol–water partition coefficient (Wildman–Crippen LogP) is 19.6. The highest BCUT2D eigenvalue weighted by atomic mass is 35.7. The van der Waals surface area contributed by atoms with Crippen LogP contribution in [0.1, 0.15) is 261 Å². The Morgan fingerprint density at radius 3 is 0.844 bits per heavy atom. The largest absolute Gasteiger partial charge is 0.485 e. The van der Waals surface area contributed by atoms with E-state index in [2.05, 4.69) is 31.5 Å². The number of aliphatic hydroxyl groups excluding tert-OH is 1. The summed E-state index contributed by atoms with van der Waals surface area (Å²) in [5.74, 6) is 3.59. The van der Waals surface area contributed by atoms with E-state index in [4.69, 9.17) is 117 Å². The number of aliphatic hydroxyl groups is 1. The van der Waals surface area contributed by atoms with Crippen molar-refractivity contribution in [3.05, 3.63) is 199 Å². The summed E-state index contributed by atoms with van der Waals surface area (Å²) in [5.41, 5.74) is 1.42. The summed E-state index contributed by atoms with van der Waals surface area (Å²) in [5, 5.41) is 28.4. The van der Waals surface area contributed by atoms with Gasteiger partial charge in [-0.05, 0) is 231 Å². The number of hydrogen-bond acceptors (Lipinski definition) is 25. The van der Waals surface area contributed by atoms with Gasteiger partial charge in [-0.15, -0.1) is 0 Å².